The molecule has 244 valence electrons. The molecule has 0 saturated carbocycles. The van der Waals surface area contributed by atoms with E-state index in [0.29, 0.717) is 5.56 Å². The molecule has 1 heterocycles. The van der Waals surface area contributed by atoms with Gasteiger partial charge >= 0.3 is 0 Å². The summed E-state index contributed by atoms with van der Waals surface area (Å²) in [5, 5.41) is 21.7. The van der Waals surface area contributed by atoms with Crippen molar-refractivity contribution in [1.29, 1.82) is 5.26 Å². The van der Waals surface area contributed by atoms with Gasteiger partial charge in [-0.15, -0.1) is 0 Å². The molecular weight excluding hydrogens is 643 g/mol. The first-order valence-electron chi connectivity index (χ1n) is 18.0. The Morgan fingerprint density at radius 2 is 0.906 bits per heavy atom. The van der Waals surface area contributed by atoms with Gasteiger partial charge in [0, 0.05) is 10.9 Å². The third-order valence-corrected chi connectivity index (χ3v) is 11.1. The molecule has 0 bridgehead atoms. The summed E-state index contributed by atoms with van der Waals surface area (Å²) in [4.78, 5) is 0. The van der Waals surface area contributed by atoms with Crippen LogP contribution in [0.3, 0.4) is 0 Å². The van der Waals surface area contributed by atoms with E-state index in [4.69, 9.17) is 4.74 Å². The van der Waals surface area contributed by atoms with Crippen molar-refractivity contribution in [3.8, 4) is 62.1 Å². The van der Waals surface area contributed by atoms with Gasteiger partial charge in [-0.05, 0) is 124 Å². The Balaban J connectivity index is 1.07. The van der Waals surface area contributed by atoms with E-state index in [1.165, 1.54) is 65.3 Å². The Bertz CT molecular complexity index is 3200. The van der Waals surface area contributed by atoms with Crippen LogP contribution in [0, 0.1) is 11.3 Å². The van der Waals surface area contributed by atoms with Crippen LogP contribution in [0.4, 0.5) is 0 Å². The number of ether oxygens (including phenoxy) is 1. The van der Waals surface area contributed by atoms with E-state index in [2.05, 4.69) is 158 Å². The minimum Gasteiger partial charge on any atom is -0.456 e. The van der Waals surface area contributed by atoms with Gasteiger partial charge in [0.05, 0.1) is 11.6 Å². The van der Waals surface area contributed by atoms with Gasteiger partial charge in [-0.25, -0.2) is 0 Å². The Kier molecular flexibility index (Phi) is 6.35. The molecule has 0 unspecified atom stereocenters. The van der Waals surface area contributed by atoms with Crippen molar-refractivity contribution in [2.24, 2.45) is 0 Å². The molecule has 0 radical (unpaired) electrons. The molecule has 0 aromatic heterocycles. The van der Waals surface area contributed by atoms with Gasteiger partial charge in [0.25, 0.3) is 0 Å². The summed E-state index contributed by atoms with van der Waals surface area (Å²) in [6.07, 6.45) is 0. The number of nitrogens with zero attached hydrogens (tertiary/aromatic N) is 1. The van der Waals surface area contributed by atoms with E-state index in [1.54, 1.807) is 0 Å². The fourth-order valence-corrected chi connectivity index (χ4v) is 8.65. The summed E-state index contributed by atoms with van der Waals surface area (Å²) < 4.78 is 6.37. The van der Waals surface area contributed by atoms with Crippen LogP contribution in [-0.4, -0.2) is 0 Å². The van der Waals surface area contributed by atoms with Gasteiger partial charge in [0.15, 0.2) is 0 Å². The van der Waals surface area contributed by atoms with Crippen LogP contribution in [-0.2, 0) is 0 Å². The average Bonchev–Trinajstić information content (AvgIpc) is 3.23. The van der Waals surface area contributed by atoms with Gasteiger partial charge in [-0.2, -0.15) is 5.26 Å². The van der Waals surface area contributed by atoms with Gasteiger partial charge < -0.3 is 4.74 Å². The van der Waals surface area contributed by atoms with Gasteiger partial charge in [0.1, 0.15) is 11.5 Å². The summed E-state index contributed by atoms with van der Waals surface area (Å²) in [6, 6.07) is 65.4. The topological polar surface area (TPSA) is 33.0 Å². The molecule has 1 aliphatic rings. The highest BCUT2D eigenvalue weighted by Crippen LogP contribution is 2.49. The Morgan fingerprint density at radius 3 is 1.66 bits per heavy atom. The van der Waals surface area contributed by atoms with Crippen LogP contribution < -0.4 is 4.74 Å². The average molecular weight is 672 g/mol. The van der Waals surface area contributed by atoms with Crippen molar-refractivity contribution in [2.75, 3.05) is 0 Å². The number of nitriles is 1. The molecule has 10 aromatic carbocycles. The van der Waals surface area contributed by atoms with E-state index in [0.717, 1.165) is 44.5 Å². The second-order valence-electron chi connectivity index (χ2n) is 13.9. The fourth-order valence-electron chi connectivity index (χ4n) is 8.65. The zero-order valence-corrected chi connectivity index (χ0v) is 28.6. The lowest BCUT2D eigenvalue weighted by molar-refractivity contribution is 0.487. The lowest BCUT2D eigenvalue weighted by atomic mass is 9.86. The number of hydrogen-bond acceptors (Lipinski definition) is 2. The third-order valence-electron chi connectivity index (χ3n) is 11.1. The van der Waals surface area contributed by atoms with Gasteiger partial charge in [-0.3, -0.25) is 0 Å². The maximum atomic E-state index is 9.46. The number of fused-ring (bicyclic) bond motifs is 8. The molecule has 0 saturated heterocycles. The zero-order chi connectivity index (χ0) is 35.0. The summed E-state index contributed by atoms with van der Waals surface area (Å²) in [6.45, 7) is 0. The van der Waals surface area contributed by atoms with Crippen molar-refractivity contribution in [3.05, 3.63) is 181 Å². The summed E-state index contributed by atoms with van der Waals surface area (Å²) in [5.41, 5.74) is 9.96. The van der Waals surface area contributed by atoms with E-state index < -0.39 is 0 Å². The van der Waals surface area contributed by atoms with Crippen molar-refractivity contribution in [3.63, 3.8) is 0 Å². The molecular formula is C51H29NO. The van der Waals surface area contributed by atoms with Gasteiger partial charge in [0.2, 0.25) is 0 Å². The quantitative estimate of drug-likeness (QED) is 0.175. The van der Waals surface area contributed by atoms with Crippen LogP contribution in [0.1, 0.15) is 5.56 Å². The van der Waals surface area contributed by atoms with Crippen molar-refractivity contribution in [1.82, 2.24) is 0 Å². The van der Waals surface area contributed by atoms with Gasteiger partial charge in [-0.1, -0.05) is 140 Å². The van der Waals surface area contributed by atoms with Crippen molar-refractivity contribution < 1.29 is 4.74 Å². The largest absolute Gasteiger partial charge is 0.456 e. The van der Waals surface area contributed by atoms with E-state index in [9.17, 15) is 5.26 Å². The Hall–Kier alpha value is -7.21. The van der Waals surface area contributed by atoms with Crippen molar-refractivity contribution >= 4 is 53.9 Å². The first-order valence-corrected chi connectivity index (χ1v) is 18.0. The fraction of sp³-hybridized carbons (Fsp3) is 0. The van der Waals surface area contributed by atoms with E-state index in [1.807, 2.05) is 24.3 Å². The molecule has 0 amide bonds. The Morgan fingerprint density at radius 1 is 0.340 bits per heavy atom. The summed E-state index contributed by atoms with van der Waals surface area (Å²) in [5.74, 6) is 1.54. The second kappa shape index (κ2) is 11.4. The normalized spacial score (nSPS) is 11.9. The number of benzene rings is 10. The van der Waals surface area contributed by atoms with Crippen LogP contribution in [0.25, 0.3) is 98.4 Å². The maximum absolute atomic E-state index is 9.46. The maximum Gasteiger partial charge on any atom is 0.136 e. The SMILES string of the molecule is N#Cc1ccc2c(c1)Oc1cccc3c(-c4ccc(-c5cc6c7ccccc7c(-c7cccc8ccccc78)cc6c6ccccc56)cc4)ccc-2c13. The first kappa shape index (κ1) is 29.5. The highest BCUT2D eigenvalue weighted by Gasteiger charge is 2.22. The molecule has 53 heavy (non-hydrogen) atoms. The molecule has 0 fully saturated rings. The Labute approximate surface area is 306 Å². The minimum atomic E-state index is 0.592. The van der Waals surface area contributed by atoms with E-state index >= 15 is 0 Å². The van der Waals surface area contributed by atoms with Crippen molar-refractivity contribution in [2.45, 2.75) is 0 Å². The highest BCUT2D eigenvalue weighted by molar-refractivity contribution is 6.24. The zero-order valence-electron chi connectivity index (χ0n) is 28.6. The van der Waals surface area contributed by atoms with Crippen LogP contribution in [0.2, 0.25) is 0 Å². The minimum absolute atomic E-state index is 0.592. The molecule has 2 heteroatoms. The molecule has 0 aliphatic carbocycles. The number of hydrogen-bond donors (Lipinski definition) is 0. The van der Waals surface area contributed by atoms with Crippen LogP contribution in [0.15, 0.2) is 176 Å². The molecule has 0 N–H and O–H groups in total. The lowest BCUT2D eigenvalue weighted by Gasteiger charge is -2.22. The number of rotatable bonds is 3. The monoisotopic (exact) mass is 671 g/mol. The molecule has 2 nitrogen and oxygen atoms in total. The first-order chi connectivity index (χ1) is 26.2. The second-order valence-corrected chi connectivity index (χ2v) is 13.9. The summed E-state index contributed by atoms with van der Waals surface area (Å²) >= 11 is 0. The lowest BCUT2D eigenvalue weighted by Crippen LogP contribution is -1.98. The smallest absolute Gasteiger partial charge is 0.136 e. The van der Waals surface area contributed by atoms with E-state index in [-0.39, 0.29) is 0 Å². The molecule has 10 aromatic rings. The van der Waals surface area contributed by atoms with Crippen LogP contribution in [0.5, 0.6) is 11.5 Å². The molecule has 11 rings (SSSR count). The molecule has 1 aliphatic heterocycles. The highest BCUT2D eigenvalue weighted by atomic mass is 16.5. The van der Waals surface area contributed by atoms with Crippen LogP contribution >= 0.6 is 0 Å². The third kappa shape index (κ3) is 4.45. The molecule has 0 spiro atoms. The predicted molar refractivity (Wildman–Crippen MR) is 221 cm³/mol. The standard InChI is InChI=1S/C51H29NO/c52-30-31-19-24-42-44-26-25-36(43-17-8-18-49(51(43)44)53-50(42)27-31)33-20-22-34(23-21-33)45-28-47-41-15-6-5-14-40(41)46(29-48(47)39-13-4-3-12-38(39)45)37-16-7-10-32-9-1-2-11-35(32)37/h1-29H. The predicted octanol–water partition coefficient (Wildman–Crippen LogP) is 14.1. The molecule has 0 atom stereocenters. The summed E-state index contributed by atoms with van der Waals surface area (Å²) in [7, 11) is 0.